The Hall–Kier alpha value is -3.42. The van der Waals surface area contributed by atoms with Gasteiger partial charge in [0.1, 0.15) is 0 Å². The number of nitro groups is 1. The molecular weight excluding hydrogens is 372 g/mol. The van der Waals surface area contributed by atoms with Crippen LogP contribution in [0.25, 0.3) is 0 Å². The van der Waals surface area contributed by atoms with E-state index in [1.54, 1.807) is 37.4 Å². The molecule has 0 atom stereocenters. The van der Waals surface area contributed by atoms with Crippen LogP contribution in [-0.2, 0) is 0 Å². The second kappa shape index (κ2) is 8.72. The quantitative estimate of drug-likeness (QED) is 0.595. The molecule has 1 aliphatic rings. The average molecular weight is 396 g/mol. The second-order valence-corrected chi connectivity index (χ2v) is 7.24. The fourth-order valence-corrected chi connectivity index (χ4v) is 3.39. The maximum Gasteiger partial charge on any atom is 0.270 e. The minimum atomic E-state index is -0.503. The molecule has 2 aromatic rings. The van der Waals surface area contributed by atoms with E-state index in [1.165, 1.54) is 12.1 Å². The second-order valence-electron chi connectivity index (χ2n) is 7.24. The van der Waals surface area contributed by atoms with Crippen LogP contribution in [-0.4, -0.2) is 36.9 Å². The predicted molar refractivity (Wildman–Crippen MR) is 111 cm³/mol. The number of nitrogens with one attached hydrogen (secondary N) is 2. The normalized spacial score (nSPS) is 14.3. The first-order chi connectivity index (χ1) is 13.9. The largest absolute Gasteiger partial charge is 0.371 e. The molecule has 2 aromatic carbocycles. The van der Waals surface area contributed by atoms with Crippen LogP contribution in [0.5, 0.6) is 0 Å². The van der Waals surface area contributed by atoms with Crippen molar-refractivity contribution in [2.24, 2.45) is 5.92 Å². The number of nitrogens with zero attached hydrogens (tertiary/aromatic N) is 2. The number of hydrogen-bond donors (Lipinski definition) is 2. The Labute approximate surface area is 169 Å². The average Bonchev–Trinajstić information content (AvgIpc) is 2.73. The fraction of sp³-hybridized carbons (Fsp3) is 0.333. The van der Waals surface area contributed by atoms with Gasteiger partial charge in [-0.15, -0.1) is 0 Å². The number of rotatable bonds is 5. The van der Waals surface area contributed by atoms with E-state index in [-0.39, 0.29) is 17.2 Å². The zero-order chi connectivity index (χ0) is 21.0. The highest BCUT2D eigenvalue weighted by Crippen LogP contribution is 2.30. The van der Waals surface area contributed by atoms with Gasteiger partial charge in [0, 0.05) is 43.5 Å². The zero-order valence-corrected chi connectivity index (χ0v) is 16.5. The van der Waals surface area contributed by atoms with Crippen LogP contribution < -0.4 is 15.5 Å². The number of anilines is 2. The van der Waals surface area contributed by atoms with Crippen molar-refractivity contribution >= 4 is 28.9 Å². The van der Waals surface area contributed by atoms with Gasteiger partial charge in [0.05, 0.1) is 16.2 Å². The Kier molecular flexibility index (Phi) is 6.11. The number of hydrogen-bond acceptors (Lipinski definition) is 5. The molecule has 1 aliphatic heterocycles. The van der Waals surface area contributed by atoms with Crippen molar-refractivity contribution in [3.05, 3.63) is 63.7 Å². The lowest BCUT2D eigenvalue weighted by atomic mass is 9.98. The van der Waals surface area contributed by atoms with E-state index in [1.807, 2.05) is 0 Å². The molecule has 0 aliphatic carbocycles. The third-order valence-electron chi connectivity index (χ3n) is 5.19. The molecular formula is C21H24N4O4. The maximum absolute atomic E-state index is 13.0. The van der Waals surface area contributed by atoms with Crippen molar-refractivity contribution in [2.45, 2.75) is 19.8 Å². The lowest BCUT2D eigenvalue weighted by Gasteiger charge is -2.33. The molecule has 29 heavy (non-hydrogen) atoms. The highest BCUT2D eigenvalue weighted by atomic mass is 16.6. The van der Waals surface area contributed by atoms with E-state index in [4.69, 9.17) is 0 Å². The van der Waals surface area contributed by atoms with Crippen LogP contribution in [0.3, 0.4) is 0 Å². The van der Waals surface area contributed by atoms with E-state index in [0.717, 1.165) is 25.9 Å². The summed E-state index contributed by atoms with van der Waals surface area (Å²) >= 11 is 0. The standard InChI is InChI=1S/C21H24N4O4/c1-14-9-11-24(12-10-14)19-8-7-17(25(28)29)13-18(19)21(27)23-16-5-3-15(4-6-16)20(26)22-2/h3-8,13-14H,9-12H2,1-2H3,(H,22,26)(H,23,27). The summed E-state index contributed by atoms with van der Waals surface area (Å²) in [6.07, 6.45) is 2.03. The first kappa shape index (κ1) is 20.3. The molecule has 8 nitrogen and oxygen atoms in total. The van der Waals surface area contributed by atoms with Crippen molar-refractivity contribution in [2.75, 3.05) is 30.4 Å². The summed E-state index contributed by atoms with van der Waals surface area (Å²) in [5.74, 6) is -0.0152. The molecule has 0 unspecified atom stereocenters. The summed E-state index contributed by atoms with van der Waals surface area (Å²) in [7, 11) is 1.54. The first-order valence-corrected chi connectivity index (χ1v) is 9.56. The van der Waals surface area contributed by atoms with Crippen LogP contribution in [0, 0.1) is 16.0 Å². The van der Waals surface area contributed by atoms with Gasteiger partial charge in [0.15, 0.2) is 0 Å². The number of benzene rings is 2. The van der Waals surface area contributed by atoms with Crippen molar-refractivity contribution < 1.29 is 14.5 Å². The van der Waals surface area contributed by atoms with Gasteiger partial charge < -0.3 is 15.5 Å². The van der Waals surface area contributed by atoms with Crippen molar-refractivity contribution in [3.63, 3.8) is 0 Å². The third kappa shape index (κ3) is 4.71. The molecule has 152 valence electrons. The van der Waals surface area contributed by atoms with Gasteiger partial charge in [-0.25, -0.2) is 0 Å². The van der Waals surface area contributed by atoms with Gasteiger partial charge in [0.25, 0.3) is 17.5 Å². The molecule has 2 amide bonds. The molecule has 0 saturated carbocycles. The highest BCUT2D eigenvalue weighted by Gasteiger charge is 2.23. The number of non-ortho nitro benzene ring substituents is 1. The van der Waals surface area contributed by atoms with Crippen LogP contribution in [0.4, 0.5) is 17.1 Å². The minimum absolute atomic E-state index is 0.126. The summed E-state index contributed by atoms with van der Waals surface area (Å²) in [6, 6.07) is 10.9. The zero-order valence-electron chi connectivity index (χ0n) is 16.5. The Morgan fingerprint density at radius 3 is 2.31 bits per heavy atom. The van der Waals surface area contributed by atoms with Crippen molar-refractivity contribution in [3.8, 4) is 0 Å². The lowest BCUT2D eigenvalue weighted by molar-refractivity contribution is -0.384. The Balaban J connectivity index is 1.86. The minimum Gasteiger partial charge on any atom is -0.371 e. The van der Waals surface area contributed by atoms with Gasteiger partial charge in [-0.1, -0.05) is 6.92 Å². The molecule has 2 N–H and O–H groups in total. The summed E-state index contributed by atoms with van der Waals surface area (Å²) in [5.41, 5.74) is 1.82. The van der Waals surface area contributed by atoms with Gasteiger partial charge >= 0.3 is 0 Å². The van der Waals surface area contributed by atoms with Gasteiger partial charge in [0.2, 0.25) is 0 Å². The third-order valence-corrected chi connectivity index (χ3v) is 5.19. The number of piperidine rings is 1. The van der Waals surface area contributed by atoms with E-state index in [2.05, 4.69) is 22.5 Å². The maximum atomic E-state index is 13.0. The molecule has 8 heteroatoms. The van der Waals surface area contributed by atoms with Gasteiger partial charge in [-0.2, -0.15) is 0 Å². The summed E-state index contributed by atoms with van der Waals surface area (Å²) in [5, 5.41) is 16.5. The van der Waals surface area contributed by atoms with Gasteiger partial charge in [-0.3, -0.25) is 19.7 Å². The van der Waals surface area contributed by atoms with E-state index in [0.29, 0.717) is 22.9 Å². The molecule has 1 fully saturated rings. The Morgan fingerprint density at radius 1 is 1.07 bits per heavy atom. The summed E-state index contributed by atoms with van der Waals surface area (Å²) < 4.78 is 0. The molecule has 3 rings (SSSR count). The fourth-order valence-electron chi connectivity index (χ4n) is 3.39. The molecule has 0 radical (unpaired) electrons. The SMILES string of the molecule is CNC(=O)c1ccc(NC(=O)c2cc([N+](=O)[O-])ccc2N2CCC(C)CC2)cc1. The number of amides is 2. The topological polar surface area (TPSA) is 105 Å². The van der Waals surface area contributed by atoms with Crippen LogP contribution in [0.1, 0.15) is 40.5 Å². The van der Waals surface area contributed by atoms with Crippen LogP contribution in [0.2, 0.25) is 0 Å². The Bertz CT molecular complexity index is 919. The van der Waals surface area contributed by atoms with E-state index < -0.39 is 10.8 Å². The highest BCUT2D eigenvalue weighted by molar-refractivity contribution is 6.08. The van der Waals surface area contributed by atoms with E-state index in [9.17, 15) is 19.7 Å². The van der Waals surface area contributed by atoms with Crippen LogP contribution in [0.15, 0.2) is 42.5 Å². The molecule has 1 saturated heterocycles. The monoisotopic (exact) mass is 396 g/mol. The molecule has 0 aromatic heterocycles. The number of carbonyl (C=O) groups is 2. The van der Waals surface area contributed by atoms with E-state index >= 15 is 0 Å². The molecule has 0 spiro atoms. The van der Waals surface area contributed by atoms with Crippen LogP contribution >= 0.6 is 0 Å². The predicted octanol–water partition coefficient (Wildman–Crippen LogP) is 3.44. The number of carbonyl (C=O) groups excluding carboxylic acids is 2. The Morgan fingerprint density at radius 2 is 1.72 bits per heavy atom. The summed E-state index contributed by atoms with van der Waals surface area (Å²) in [4.78, 5) is 37.4. The smallest absolute Gasteiger partial charge is 0.270 e. The summed E-state index contributed by atoms with van der Waals surface area (Å²) in [6.45, 7) is 3.81. The molecule has 0 bridgehead atoms. The number of nitro benzene ring substituents is 1. The molecule has 1 heterocycles. The first-order valence-electron chi connectivity index (χ1n) is 9.56. The van der Waals surface area contributed by atoms with Gasteiger partial charge in [-0.05, 0) is 49.1 Å². The van der Waals surface area contributed by atoms with Crippen molar-refractivity contribution in [1.29, 1.82) is 0 Å². The lowest BCUT2D eigenvalue weighted by Crippen LogP contribution is -2.34. The van der Waals surface area contributed by atoms with Crippen molar-refractivity contribution in [1.82, 2.24) is 5.32 Å².